The summed E-state index contributed by atoms with van der Waals surface area (Å²) in [6.07, 6.45) is 3.64. The summed E-state index contributed by atoms with van der Waals surface area (Å²) in [5.74, 6) is 0.272. The minimum atomic E-state index is -3.05. The second kappa shape index (κ2) is 5.98. The van der Waals surface area contributed by atoms with Gasteiger partial charge in [0, 0.05) is 12.1 Å². The molecule has 0 aromatic carbocycles. The SMILES string of the molecule is CCC1CCC(C)N1S(=O)(=O)CCCNC. The van der Waals surface area contributed by atoms with Crippen LogP contribution in [0.1, 0.15) is 39.5 Å². The zero-order chi connectivity index (χ0) is 12.2. The summed E-state index contributed by atoms with van der Waals surface area (Å²) in [6, 6.07) is 0.416. The topological polar surface area (TPSA) is 49.4 Å². The van der Waals surface area contributed by atoms with Crippen molar-refractivity contribution in [2.24, 2.45) is 0 Å². The van der Waals surface area contributed by atoms with Gasteiger partial charge in [-0.2, -0.15) is 4.31 Å². The average Bonchev–Trinajstić information content (AvgIpc) is 2.60. The molecule has 0 amide bonds. The normalized spacial score (nSPS) is 27.4. The molecule has 0 bridgehead atoms. The van der Waals surface area contributed by atoms with Gasteiger partial charge in [0.05, 0.1) is 5.75 Å². The highest BCUT2D eigenvalue weighted by atomic mass is 32.2. The van der Waals surface area contributed by atoms with Crippen molar-refractivity contribution >= 4 is 10.0 Å². The van der Waals surface area contributed by atoms with E-state index in [1.165, 1.54) is 0 Å². The summed E-state index contributed by atoms with van der Waals surface area (Å²) in [6.45, 7) is 4.85. The Labute approximate surface area is 99.5 Å². The molecule has 0 saturated carbocycles. The van der Waals surface area contributed by atoms with Crippen LogP contribution in [0.2, 0.25) is 0 Å². The van der Waals surface area contributed by atoms with Crippen molar-refractivity contribution in [3.63, 3.8) is 0 Å². The van der Waals surface area contributed by atoms with Crippen LogP contribution in [0.5, 0.6) is 0 Å². The molecular formula is C11H24N2O2S. The predicted molar refractivity (Wildman–Crippen MR) is 66.9 cm³/mol. The van der Waals surface area contributed by atoms with Gasteiger partial charge >= 0.3 is 0 Å². The largest absolute Gasteiger partial charge is 0.320 e. The predicted octanol–water partition coefficient (Wildman–Crippen LogP) is 1.19. The Morgan fingerprint density at radius 1 is 1.38 bits per heavy atom. The zero-order valence-electron chi connectivity index (χ0n) is 10.6. The molecule has 0 aliphatic carbocycles. The molecule has 0 aromatic heterocycles. The standard InChI is InChI=1S/C11H24N2O2S/c1-4-11-7-6-10(2)13(11)16(14,15)9-5-8-12-3/h10-12H,4-9H2,1-3H3. The van der Waals surface area contributed by atoms with E-state index in [0.29, 0.717) is 6.42 Å². The number of sulfonamides is 1. The molecule has 1 heterocycles. The van der Waals surface area contributed by atoms with E-state index in [9.17, 15) is 8.42 Å². The van der Waals surface area contributed by atoms with Crippen LogP contribution in [0.15, 0.2) is 0 Å². The molecule has 2 unspecified atom stereocenters. The van der Waals surface area contributed by atoms with Crippen molar-refractivity contribution in [1.82, 2.24) is 9.62 Å². The van der Waals surface area contributed by atoms with Gasteiger partial charge < -0.3 is 5.32 Å². The van der Waals surface area contributed by atoms with Gasteiger partial charge in [0.25, 0.3) is 0 Å². The second-order valence-corrected chi connectivity index (χ2v) is 6.59. The molecule has 0 aromatic rings. The summed E-state index contributed by atoms with van der Waals surface area (Å²) in [5, 5.41) is 2.98. The summed E-state index contributed by atoms with van der Waals surface area (Å²) >= 11 is 0. The molecule has 4 nitrogen and oxygen atoms in total. The Morgan fingerprint density at radius 2 is 2.06 bits per heavy atom. The fraction of sp³-hybridized carbons (Fsp3) is 1.00. The second-order valence-electron chi connectivity index (χ2n) is 4.59. The molecule has 96 valence electrons. The highest BCUT2D eigenvalue weighted by Gasteiger charge is 2.37. The fourth-order valence-electron chi connectivity index (χ4n) is 2.47. The Hall–Kier alpha value is -0.130. The van der Waals surface area contributed by atoms with E-state index in [4.69, 9.17) is 0 Å². The lowest BCUT2D eigenvalue weighted by Gasteiger charge is -2.26. The third-order valence-corrected chi connectivity index (χ3v) is 5.44. The molecule has 1 aliphatic heterocycles. The molecular weight excluding hydrogens is 224 g/mol. The molecule has 0 spiro atoms. The molecule has 1 rings (SSSR count). The van der Waals surface area contributed by atoms with Crippen LogP contribution in [0.25, 0.3) is 0 Å². The zero-order valence-corrected chi connectivity index (χ0v) is 11.4. The van der Waals surface area contributed by atoms with Crippen molar-refractivity contribution in [3.05, 3.63) is 0 Å². The third-order valence-electron chi connectivity index (χ3n) is 3.33. The lowest BCUT2D eigenvalue weighted by Crippen LogP contribution is -2.41. The summed E-state index contributed by atoms with van der Waals surface area (Å²) in [5.41, 5.74) is 0. The van der Waals surface area contributed by atoms with Crippen LogP contribution in [0.4, 0.5) is 0 Å². The number of rotatable bonds is 6. The van der Waals surface area contributed by atoms with E-state index in [2.05, 4.69) is 12.2 Å². The Morgan fingerprint density at radius 3 is 2.62 bits per heavy atom. The van der Waals surface area contributed by atoms with Gasteiger partial charge in [0.15, 0.2) is 0 Å². The Bertz CT molecular complexity index is 303. The van der Waals surface area contributed by atoms with Crippen molar-refractivity contribution in [2.45, 2.75) is 51.6 Å². The first kappa shape index (κ1) is 13.9. The summed E-state index contributed by atoms with van der Waals surface area (Å²) in [7, 11) is -1.20. The number of nitrogens with one attached hydrogen (secondary N) is 1. The average molecular weight is 248 g/mol. The molecule has 1 saturated heterocycles. The van der Waals surface area contributed by atoms with Gasteiger partial charge in [-0.25, -0.2) is 8.42 Å². The summed E-state index contributed by atoms with van der Waals surface area (Å²) in [4.78, 5) is 0. The van der Waals surface area contributed by atoms with Crippen molar-refractivity contribution < 1.29 is 8.42 Å². The highest BCUT2D eigenvalue weighted by Crippen LogP contribution is 2.29. The Balaban J connectivity index is 2.65. The lowest BCUT2D eigenvalue weighted by molar-refractivity contribution is 0.328. The van der Waals surface area contributed by atoms with Crippen LogP contribution in [-0.2, 0) is 10.0 Å². The molecule has 0 radical (unpaired) electrons. The maximum absolute atomic E-state index is 12.2. The van der Waals surface area contributed by atoms with E-state index in [0.717, 1.165) is 25.8 Å². The minimum absolute atomic E-state index is 0.185. The quantitative estimate of drug-likeness (QED) is 0.718. The summed E-state index contributed by atoms with van der Waals surface area (Å²) < 4.78 is 26.1. The maximum Gasteiger partial charge on any atom is 0.214 e. The third kappa shape index (κ3) is 3.18. The monoisotopic (exact) mass is 248 g/mol. The van der Waals surface area contributed by atoms with Crippen LogP contribution in [-0.4, -0.2) is 44.2 Å². The van der Waals surface area contributed by atoms with Crippen molar-refractivity contribution in [3.8, 4) is 0 Å². The van der Waals surface area contributed by atoms with Gasteiger partial charge in [-0.15, -0.1) is 0 Å². The smallest absolute Gasteiger partial charge is 0.214 e. The van der Waals surface area contributed by atoms with E-state index in [-0.39, 0.29) is 17.8 Å². The van der Waals surface area contributed by atoms with E-state index >= 15 is 0 Å². The first-order valence-corrected chi connectivity index (χ1v) is 7.79. The fourth-order valence-corrected chi connectivity index (χ4v) is 4.55. The Kier molecular flexibility index (Phi) is 5.21. The number of nitrogens with zero attached hydrogens (tertiary/aromatic N) is 1. The van der Waals surface area contributed by atoms with E-state index in [1.807, 2.05) is 14.0 Å². The van der Waals surface area contributed by atoms with Gasteiger partial charge in [0.2, 0.25) is 10.0 Å². The van der Waals surface area contributed by atoms with Gasteiger partial charge in [-0.05, 0) is 46.2 Å². The lowest BCUT2D eigenvalue weighted by atomic mass is 10.2. The van der Waals surface area contributed by atoms with Gasteiger partial charge in [-0.1, -0.05) is 6.92 Å². The molecule has 1 N–H and O–H groups in total. The van der Waals surface area contributed by atoms with Crippen LogP contribution in [0, 0.1) is 0 Å². The van der Waals surface area contributed by atoms with E-state index in [1.54, 1.807) is 4.31 Å². The van der Waals surface area contributed by atoms with Gasteiger partial charge in [-0.3, -0.25) is 0 Å². The molecule has 16 heavy (non-hydrogen) atoms. The molecule has 1 fully saturated rings. The number of hydrogen-bond donors (Lipinski definition) is 1. The van der Waals surface area contributed by atoms with Crippen LogP contribution in [0.3, 0.4) is 0 Å². The van der Waals surface area contributed by atoms with Crippen molar-refractivity contribution in [2.75, 3.05) is 19.3 Å². The minimum Gasteiger partial charge on any atom is -0.320 e. The highest BCUT2D eigenvalue weighted by molar-refractivity contribution is 7.89. The van der Waals surface area contributed by atoms with Crippen LogP contribution < -0.4 is 5.32 Å². The molecule has 1 aliphatic rings. The molecule has 2 atom stereocenters. The van der Waals surface area contributed by atoms with E-state index < -0.39 is 10.0 Å². The van der Waals surface area contributed by atoms with Crippen molar-refractivity contribution in [1.29, 1.82) is 0 Å². The first-order valence-electron chi connectivity index (χ1n) is 6.18. The first-order chi connectivity index (χ1) is 7.53. The van der Waals surface area contributed by atoms with Crippen LogP contribution >= 0.6 is 0 Å². The number of hydrogen-bond acceptors (Lipinski definition) is 3. The maximum atomic E-state index is 12.2. The van der Waals surface area contributed by atoms with Gasteiger partial charge in [0.1, 0.15) is 0 Å². The molecule has 5 heteroatoms.